The highest BCUT2D eigenvalue weighted by Gasteiger charge is 2.30. The molecular weight excluding hydrogens is 291 g/mol. The van der Waals surface area contributed by atoms with E-state index in [1.807, 2.05) is 29.3 Å². The number of ketones is 1. The number of amides is 1. The molecule has 2 aromatic rings. The smallest absolute Gasteiger partial charge is 0.296 e. The molecule has 0 saturated heterocycles. The molecule has 3 rings (SSSR count). The third-order valence-corrected chi connectivity index (χ3v) is 4.30. The van der Waals surface area contributed by atoms with Crippen LogP contribution in [0.4, 0.5) is 15.8 Å². The lowest BCUT2D eigenvalue weighted by atomic mass is 10.1. The summed E-state index contributed by atoms with van der Waals surface area (Å²) in [4.78, 5) is 25.9. The Kier molecular flexibility index (Phi) is 3.47. The van der Waals surface area contributed by atoms with Gasteiger partial charge in [-0.2, -0.15) is 0 Å². The lowest BCUT2D eigenvalue weighted by molar-refractivity contribution is -0.112. The lowest BCUT2D eigenvalue weighted by Crippen LogP contribution is -2.22. The number of carbonyl (C=O) groups is 2. The largest absolute Gasteiger partial charge is 0.364 e. The molecule has 0 atom stereocenters. The zero-order valence-electron chi connectivity index (χ0n) is 11.4. The fourth-order valence-electron chi connectivity index (χ4n) is 2.35. The zero-order chi connectivity index (χ0) is 15.0. The van der Waals surface area contributed by atoms with Crippen molar-refractivity contribution in [3.63, 3.8) is 0 Å². The number of Topliss-reactive ketones (excluding diaryl/α,β-unsaturated/α-hetero) is 1. The Morgan fingerprint density at radius 3 is 2.81 bits per heavy atom. The van der Waals surface area contributed by atoms with Gasteiger partial charge in [0.15, 0.2) is 0 Å². The first-order valence-electron chi connectivity index (χ1n) is 6.56. The van der Waals surface area contributed by atoms with Gasteiger partial charge in [0.05, 0.1) is 23.5 Å². The van der Waals surface area contributed by atoms with Crippen LogP contribution in [0.15, 0.2) is 29.6 Å². The Labute approximate surface area is 125 Å². The molecule has 6 heteroatoms. The highest BCUT2D eigenvalue weighted by molar-refractivity contribution is 7.09. The molecule has 1 N–H and O–H groups in total. The van der Waals surface area contributed by atoms with E-state index in [2.05, 4.69) is 5.32 Å². The number of anilines is 2. The van der Waals surface area contributed by atoms with E-state index < -0.39 is 17.5 Å². The van der Waals surface area contributed by atoms with E-state index in [1.165, 1.54) is 6.07 Å². The maximum Gasteiger partial charge on any atom is 0.296 e. The van der Waals surface area contributed by atoms with Gasteiger partial charge in [0.1, 0.15) is 5.82 Å². The van der Waals surface area contributed by atoms with Crippen molar-refractivity contribution in [2.24, 2.45) is 0 Å². The van der Waals surface area contributed by atoms with Crippen molar-refractivity contribution in [1.29, 1.82) is 0 Å². The molecule has 0 unspecified atom stereocenters. The van der Waals surface area contributed by atoms with Crippen molar-refractivity contribution in [2.75, 3.05) is 16.8 Å². The molecule has 0 aliphatic carbocycles. The van der Waals surface area contributed by atoms with Crippen molar-refractivity contribution in [3.8, 4) is 0 Å². The maximum absolute atomic E-state index is 14.3. The van der Waals surface area contributed by atoms with Crippen LogP contribution in [0, 0.1) is 5.82 Å². The first kappa shape index (κ1) is 13.8. The minimum Gasteiger partial charge on any atom is -0.364 e. The first-order chi connectivity index (χ1) is 10.1. The summed E-state index contributed by atoms with van der Waals surface area (Å²) in [7, 11) is 0. The molecule has 0 spiro atoms. The SMILES string of the molecule is CCN(Cc1cccs1)c1cc2c(cc1F)C(=O)C(=O)N2. The van der Waals surface area contributed by atoms with E-state index in [1.54, 1.807) is 11.3 Å². The second-order valence-corrected chi connectivity index (χ2v) is 5.76. The maximum atomic E-state index is 14.3. The Hall–Kier alpha value is -2.21. The van der Waals surface area contributed by atoms with Crippen LogP contribution in [0.5, 0.6) is 0 Å². The molecule has 4 nitrogen and oxygen atoms in total. The van der Waals surface area contributed by atoms with Gasteiger partial charge in [0, 0.05) is 11.4 Å². The standard InChI is InChI=1S/C15H13FN2O2S/c1-2-18(8-9-4-3-5-21-9)13-7-12-10(6-11(13)16)14(19)15(20)17-12/h3-7H,2,8H2,1H3,(H,17,19,20). The molecule has 21 heavy (non-hydrogen) atoms. The molecule has 108 valence electrons. The predicted molar refractivity (Wildman–Crippen MR) is 80.4 cm³/mol. The summed E-state index contributed by atoms with van der Waals surface area (Å²) >= 11 is 1.61. The molecule has 0 saturated carbocycles. The molecule has 2 heterocycles. The average molecular weight is 304 g/mol. The third-order valence-electron chi connectivity index (χ3n) is 3.44. The predicted octanol–water partition coefficient (Wildman–Crippen LogP) is 3.05. The van der Waals surface area contributed by atoms with E-state index in [0.717, 1.165) is 10.9 Å². The van der Waals surface area contributed by atoms with Crippen molar-refractivity contribution >= 4 is 34.4 Å². The molecule has 0 radical (unpaired) electrons. The monoisotopic (exact) mass is 304 g/mol. The second-order valence-electron chi connectivity index (χ2n) is 4.73. The van der Waals surface area contributed by atoms with Gasteiger partial charge in [-0.1, -0.05) is 6.07 Å². The van der Waals surface area contributed by atoms with Crippen LogP contribution in [0.2, 0.25) is 0 Å². The zero-order valence-corrected chi connectivity index (χ0v) is 12.2. The van der Waals surface area contributed by atoms with Gasteiger partial charge in [-0.15, -0.1) is 11.3 Å². The van der Waals surface area contributed by atoms with Crippen LogP contribution in [0.3, 0.4) is 0 Å². The topological polar surface area (TPSA) is 49.4 Å². The summed E-state index contributed by atoms with van der Waals surface area (Å²) < 4.78 is 14.3. The number of benzene rings is 1. The Balaban J connectivity index is 1.96. The van der Waals surface area contributed by atoms with Gasteiger partial charge >= 0.3 is 0 Å². The molecule has 0 fully saturated rings. The highest BCUT2D eigenvalue weighted by Crippen LogP contribution is 2.32. The fraction of sp³-hybridized carbons (Fsp3) is 0.200. The summed E-state index contributed by atoms with van der Waals surface area (Å²) in [5.41, 5.74) is 0.874. The van der Waals surface area contributed by atoms with Gasteiger partial charge in [0.2, 0.25) is 0 Å². The van der Waals surface area contributed by atoms with Gasteiger partial charge in [-0.3, -0.25) is 9.59 Å². The number of carbonyl (C=O) groups excluding carboxylic acids is 2. The average Bonchev–Trinajstić information content (AvgIpc) is 3.06. The molecule has 1 aliphatic rings. The van der Waals surface area contributed by atoms with Crippen molar-refractivity contribution in [3.05, 3.63) is 45.9 Å². The first-order valence-corrected chi connectivity index (χ1v) is 7.44. The van der Waals surface area contributed by atoms with Gasteiger partial charge in [-0.05, 0) is 30.5 Å². The van der Waals surface area contributed by atoms with Crippen LogP contribution >= 0.6 is 11.3 Å². The molecule has 1 aromatic carbocycles. The van der Waals surface area contributed by atoms with Gasteiger partial charge in [-0.25, -0.2) is 4.39 Å². The van der Waals surface area contributed by atoms with Crippen LogP contribution < -0.4 is 10.2 Å². The number of thiophene rings is 1. The van der Waals surface area contributed by atoms with Crippen LogP contribution in [-0.4, -0.2) is 18.2 Å². The number of nitrogens with zero attached hydrogens (tertiary/aromatic N) is 1. The number of halogens is 1. The Morgan fingerprint density at radius 1 is 1.33 bits per heavy atom. The normalized spacial score (nSPS) is 13.2. The molecule has 1 amide bonds. The van der Waals surface area contributed by atoms with E-state index in [-0.39, 0.29) is 5.56 Å². The molecule has 1 aliphatic heterocycles. The quantitative estimate of drug-likeness (QED) is 0.883. The third kappa shape index (κ3) is 2.42. The van der Waals surface area contributed by atoms with E-state index in [4.69, 9.17) is 0 Å². The Bertz CT molecular complexity index is 713. The number of fused-ring (bicyclic) bond motifs is 1. The summed E-state index contributed by atoms with van der Waals surface area (Å²) in [5.74, 6) is -1.88. The van der Waals surface area contributed by atoms with Gasteiger partial charge in [0.25, 0.3) is 11.7 Å². The summed E-state index contributed by atoms with van der Waals surface area (Å²) in [6.45, 7) is 3.14. The number of hydrogen-bond donors (Lipinski definition) is 1. The van der Waals surface area contributed by atoms with Crippen molar-refractivity contribution in [1.82, 2.24) is 0 Å². The highest BCUT2D eigenvalue weighted by atomic mass is 32.1. The molecular formula is C15H13FN2O2S. The Morgan fingerprint density at radius 2 is 2.14 bits per heavy atom. The van der Waals surface area contributed by atoms with Crippen molar-refractivity contribution < 1.29 is 14.0 Å². The van der Waals surface area contributed by atoms with E-state index in [9.17, 15) is 14.0 Å². The summed E-state index contributed by atoms with van der Waals surface area (Å²) in [6, 6.07) is 6.61. The van der Waals surface area contributed by atoms with Crippen LogP contribution in [0.25, 0.3) is 0 Å². The fourth-order valence-corrected chi connectivity index (χ4v) is 3.07. The van der Waals surface area contributed by atoms with Crippen LogP contribution in [0.1, 0.15) is 22.2 Å². The second kappa shape index (κ2) is 5.29. The lowest BCUT2D eigenvalue weighted by Gasteiger charge is -2.23. The van der Waals surface area contributed by atoms with Crippen LogP contribution in [-0.2, 0) is 11.3 Å². The molecule has 0 bridgehead atoms. The minimum atomic E-state index is -0.706. The number of nitrogens with one attached hydrogen (secondary N) is 1. The van der Waals surface area contributed by atoms with E-state index >= 15 is 0 Å². The summed E-state index contributed by atoms with van der Waals surface area (Å²) in [6.07, 6.45) is 0. The van der Waals surface area contributed by atoms with Crippen molar-refractivity contribution in [2.45, 2.75) is 13.5 Å². The minimum absolute atomic E-state index is 0.105. The van der Waals surface area contributed by atoms with E-state index in [0.29, 0.717) is 24.5 Å². The summed E-state index contributed by atoms with van der Waals surface area (Å²) in [5, 5.41) is 4.45. The molecule has 1 aromatic heterocycles. The number of rotatable bonds is 4. The van der Waals surface area contributed by atoms with Gasteiger partial charge < -0.3 is 10.2 Å². The number of hydrogen-bond acceptors (Lipinski definition) is 4.